The van der Waals surface area contributed by atoms with Crippen LogP contribution in [-0.4, -0.2) is 32.2 Å². The lowest BCUT2D eigenvalue weighted by Crippen LogP contribution is -2.12. The van der Waals surface area contributed by atoms with Crippen LogP contribution in [0.5, 0.6) is 0 Å². The fourth-order valence-corrected chi connectivity index (χ4v) is 0.784. The molecule has 11 heteroatoms. The lowest BCUT2D eigenvalue weighted by Gasteiger charge is -1.89. The molecule has 0 fully saturated rings. The molecular weight excluding hydrogens is 278 g/mol. The van der Waals surface area contributed by atoms with Gasteiger partial charge in [-0.25, -0.2) is 18.4 Å². The molecular formula is C9H12F2N6O3. The van der Waals surface area contributed by atoms with Crippen LogP contribution in [0.25, 0.3) is 0 Å². The van der Waals surface area contributed by atoms with Gasteiger partial charge >= 0.3 is 11.4 Å². The molecule has 0 aliphatic rings. The van der Waals surface area contributed by atoms with Gasteiger partial charge in [-0.1, -0.05) is 0 Å². The average molecular weight is 290 g/mol. The van der Waals surface area contributed by atoms with Crippen molar-refractivity contribution in [3.8, 4) is 0 Å². The topological polar surface area (TPSA) is 164 Å². The summed E-state index contributed by atoms with van der Waals surface area (Å²) in [5.41, 5.74) is 8.61. The minimum Gasteiger partial charge on any atom is -0.400 e. The summed E-state index contributed by atoms with van der Waals surface area (Å²) in [5.74, 6) is -1.99. The number of hydrogen-bond donors (Lipinski definition) is 5. The number of H-pyrrole nitrogens is 2. The van der Waals surface area contributed by atoms with Crippen molar-refractivity contribution in [1.82, 2.24) is 19.9 Å². The van der Waals surface area contributed by atoms with Crippen LogP contribution in [0.15, 0.2) is 22.0 Å². The number of nitrogens with zero attached hydrogens (tertiary/aromatic N) is 2. The number of aromatic nitrogens is 4. The number of aliphatic hydroxyl groups is 1. The number of aromatic amines is 2. The maximum Gasteiger partial charge on any atom is 0.346 e. The van der Waals surface area contributed by atoms with Gasteiger partial charge in [-0.05, 0) is 0 Å². The quantitative estimate of drug-likeness (QED) is 0.397. The van der Waals surface area contributed by atoms with E-state index in [9.17, 15) is 18.4 Å². The largest absolute Gasteiger partial charge is 0.400 e. The van der Waals surface area contributed by atoms with Crippen LogP contribution in [0.2, 0.25) is 0 Å². The van der Waals surface area contributed by atoms with Gasteiger partial charge in [0.05, 0.1) is 12.4 Å². The summed E-state index contributed by atoms with van der Waals surface area (Å²) in [6, 6.07) is 0. The summed E-state index contributed by atoms with van der Waals surface area (Å²) >= 11 is 0. The Labute approximate surface area is 110 Å². The first-order chi connectivity index (χ1) is 9.40. The lowest BCUT2D eigenvalue weighted by molar-refractivity contribution is 0.399. The predicted octanol–water partition coefficient (Wildman–Crippen LogP) is -1.41. The van der Waals surface area contributed by atoms with Gasteiger partial charge in [0.1, 0.15) is 11.6 Å². The zero-order valence-corrected chi connectivity index (χ0v) is 10.2. The maximum atomic E-state index is 12.1. The molecule has 110 valence electrons. The Balaban J connectivity index is 0.000000321. The third kappa shape index (κ3) is 5.68. The molecule has 0 saturated carbocycles. The fraction of sp³-hybridized carbons (Fsp3) is 0.111. The van der Waals surface area contributed by atoms with Crippen LogP contribution in [-0.2, 0) is 0 Å². The number of rotatable bonds is 0. The highest BCUT2D eigenvalue weighted by atomic mass is 19.1. The zero-order valence-electron chi connectivity index (χ0n) is 10.2. The van der Waals surface area contributed by atoms with Crippen molar-refractivity contribution in [2.24, 2.45) is 0 Å². The van der Waals surface area contributed by atoms with Gasteiger partial charge in [0.2, 0.25) is 0 Å². The standard InChI is InChI=1S/2C4H4FN3O.CH4O/c2*5-2-1-7-4(9)8-3(2)6;1-2/h2*1H,(H3,6,7,8,9);2H,1H3. The van der Waals surface area contributed by atoms with Crippen LogP contribution >= 0.6 is 0 Å². The molecule has 2 heterocycles. The molecule has 0 unspecified atom stereocenters. The third-order valence-electron chi connectivity index (χ3n) is 1.59. The summed E-state index contributed by atoms with van der Waals surface area (Å²) < 4.78 is 24.3. The van der Waals surface area contributed by atoms with Gasteiger partial charge in [0, 0.05) is 7.11 Å². The molecule has 0 aliphatic heterocycles. The van der Waals surface area contributed by atoms with E-state index in [0.717, 1.165) is 19.5 Å². The molecule has 0 bridgehead atoms. The predicted molar refractivity (Wildman–Crippen MR) is 66.6 cm³/mol. The highest BCUT2D eigenvalue weighted by Crippen LogP contribution is 1.97. The molecule has 7 N–H and O–H groups in total. The summed E-state index contributed by atoms with van der Waals surface area (Å²) in [5, 5.41) is 7.00. The van der Waals surface area contributed by atoms with Crippen LogP contribution < -0.4 is 22.8 Å². The van der Waals surface area contributed by atoms with E-state index < -0.39 is 23.0 Å². The Morgan fingerprint density at radius 3 is 1.45 bits per heavy atom. The van der Waals surface area contributed by atoms with E-state index in [-0.39, 0.29) is 11.6 Å². The minimum atomic E-state index is -0.713. The summed E-state index contributed by atoms with van der Waals surface area (Å²) in [6.07, 6.45) is 1.54. The second kappa shape index (κ2) is 8.31. The van der Waals surface area contributed by atoms with Gasteiger partial charge < -0.3 is 16.6 Å². The first-order valence-electron chi connectivity index (χ1n) is 4.85. The molecule has 0 radical (unpaired) electrons. The Morgan fingerprint density at radius 2 is 1.25 bits per heavy atom. The van der Waals surface area contributed by atoms with Crippen LogP contribution in [0.1, 0.15) is 0 Å². The monoisotopic (exact) mass is 290 g/mol. The van der Waals surface area contributed by atoms with Crippen LogP contribution in [0, 0.1) is 11.6 Å². The highest BCUT2D eigenvalue weighted by molar-refractivity contribution is 5.26. The van der Waals surface area contributed by atoms with E-state index in [4.69, 9.17) is 16.6 Å². The highest BCUT2D eigenvalue weighted by Gasteiger charge is 1.96. The average Bonchev–Trinajstić information content (AvgIpc) is 2.42. The molecule has 0 amide bonds. The van der Waals surface area contributed by atoms with Crippen LogP contribution in [0.3, 0.4) is 0 Å². The molecule has 0 aromatic carbocycles. The van der Waals surface area contributed by atoms with Crippen molar-refractivity contribution in [2.75, 3.05) is 18.6 Å². The molecule has 2 aromatic heterocycles. The molecule has 0 atom stereocenters. The molecule has 2 aromatic rings. The molecule has 2 rings (SSSR count). The number of halogens is 2. The Hall–Kier alpha value is -2.82. The van der Waals surface area contributed by atoms with Gasteiger partial charge in [-0.3, -0.25) is 9.97 Å². The van der Waals surface area contributed by atoms with Gasteiger partial charge in [-0.2, -0.15) is 9.97 Å². The Morgan fingerprint density at radius 1 is 0.950 bits per heavy atom. The molecule has 0 saturated heterocycles. The summed E-state index contributed by atoms with van der Waals surface area (Å²) in [7, 11) is 1.00. The first-order valence-corrected chi connectivity index (χ1v) is 4.85. The molecule has 0 spiro atoms. The number of hydrogen-bond acceptors (Lipinski definition) is 7. The Bertz CT molecular complexity index is 599. The SMILES string of the molecule is CO.Nc1[nH]c(=O)ncc1F.Nc1[nH]c(=O)ncc1F. The van der Waals surface area contributed by atoms with Crippen molar-refractivity contribution < 1.29 is 13.9 Å². The second-order valence-corrected chi connectivity index (χ2v) is 2.90. The smallest absolute Gasteiger partial charge is 0.346 e. The fourth-order valence-electron chi connectivity index (χ4n) is 0.784. The first kappa shape index (κ1) is 17.2. The lowest BCUT2D eigenvalue weighted by atomic mass is 10.6. The van der Waals surface area contributed by atoms with Crippen molar-refractivity contribution in [3.05, 3.63) is 45.0 Å². The van der Waals surface area contributed by atoms with Gasteiger partial charge in [-0.15, -0.1) is 0 Å². The summed E-state index contributed by atoms with van der Waals surface area (Å²) in [6.45, 7) is 0. The van der Waals surface area contributed by atoms with E-state index >= 15 is 0 Å². The van der Waals surface area contributed by atoms with Crippen molar-refractivity contribution >= 4 is 11.6 Å². The van der Waals surface area contributed by atoms with Gasteiger partial charge in [0.15, 0.2) is 11.6 Å². The Kier molecular flexibility index (Phi) is 7.14. The van der Waals surface area contributed by atoms with Crippen molar-refractivity contribution in [3.63, 3.8) is 0 Å². The normalized spacial score (nSPS) is 8.80. The molecule has 9 nitrogen and oxygen atoms in total. The van der Waals surface area contributed by atoms with Crippen molar-refractivity contribution in [1.29, 1.82) is 0 Å². The molecule has 20 heavy (non-hydrogen) atoms. The van der Waals surface area contributed by atoms with E-state index in [2.05, 4.69) is 9.97 Å². The van der Waals surface area contributed by atoms with Gasteiger partial charge in [0.25, 0.3) is 0 Å². The van der Waals surface area contributed by atoms with Crippen LogP contribution in [0.4, 0.5) is 20.4 Å². The number of aliphatic hydroxyl groups excluding tert-OH is 1. The van der Waals surface area contributed by atoms with Crippen molar-refractivity contribution in [2.45, 2.75) is 0 Å². The number of nitrogens with one attached hydrogen (secondary N) is 2. The minimum absolute atomic E-state index is 0.282. The van der Waals surface area contributed by atoms with E-state index in [1.807, 2.05) is 9.97 Å². The third-order valence-corrected chi connectivity index (χ3v) is 1.59. The maximum absolute atomic E-state index is 12.1. The van der Waals surface area contributed by atoms with E-state index in [0.29, 0.717) is 0 Å². The number of nitrogen functional groups attached to an aromatic ring is 2. The van der Waals surface area contributed by atoms with E-state index in [1.165, 1.54) is 0 Å². The summed E-state index contributed by atoms with van der Waals surface area (Å²) in [4.78, 5) is 30.6. The zero-order chi connectivity index (χ0) is 15.7. The second-order valence-electron chi connectivity index (χ2n) is 2.90. The number of anilines is 2. The van der Waals surface area contributed by atoms with E-state index in [1.54, 1.807) is 0 Å². The molecule has 0 aliphatic carbocycles. The number of nitrogens with two attached hydrogens (primary N) is 2.